The number of aromatic nitrogens is 6. The van der Waals surface area contributed by atoms with Gasteiger partial charge in [-0.05, 0) is 137 Å². The highest BCUT2D eigenvalue weighted by Gasteiger charge is 2.51. The van der Waals surface area contributed by atoms with Crippen LogP contribution in [0.4, 0.5) is 0 Å². The van der Waals surface area contributed by atoms with Crippen molar-refractivity contribution in [1.82, 2.24) is 29.9 Å². The molecule has 0 saturated carbocycles. The highest BCUT2D eigenvalue weighted by molar-refractivity contribution is 7.26. The van der Waals surface area contributed by atoms with Crippen LogP contribution >= 0.6 is 34.3 Å². The normalized spacial score (nSPS) is 12.9. The van der Waals surface area contributed by atoms with Crippen molar-refractivity contribution in [2.24, 2.45) is 0 Å². The molecule has 518 valence electrons. The van der Waals surface area contributed by atoms with Crippen molar-refractivity contribution in [1.29, 1.82) is 0 Å². The second-order valence-electron chi connectivity index (χ2n) is 27.7. The van der Waals surface area contributed by atoms with Gasteiger partial charge in [-0.15, -0.1) is 22.7 Å². The fourth-order valence-corrected chi connectivity index (χ4v) is 16.4. The van der Waals surface area contributed by atoms with E-state index in [-0.39, 0.29) is 18.3 Å². The Kier molecular flexibility index (Phi) is 19.1. The van der Waals surface area contributed by atoms with Gasteiger partial charge in [0.25, 0.3) is 0 Å². The van der Waals surface area contributed by atoms with Gasteiger partial charge in [-0.25, -0.2) is 29.9 Å². The molecule has 1 fully saturated rings. The van der Waals surface area contributed by atoms with E-state index < -0.39 is 0 Å². The van der Waals surface area contributed by atoms with E-state index in [2.05, 4.69) is 222 Å². The molecule has 12 heteroatoms. The Morgan fingerprint density at radius 1 is 0.250 bits per heavy atom. The minimum atomic E-state index is -0.320. The van der Waals surface area contributed by atoms with Crippen LogP contribution in [0, 0.1) is 0 Å². The maximum atomic E-state index is 6.49. The molecule has 0 aliphatic carbocycles. The van der Waals surface area contributed by atoms with Gasteiger partial charge >= 0.3 is 7.12 Å². The second-order valence-corrected chi connectivity index (χ2v) is 30.2. The van der Waals surface area contributed by atoms with Crippen molar-refractivity contribution < 1.29 is 9.31 Å². The summed E-state index contributed by atoms with van der Waals surface area (Å²) in [5, 5.41) is 5.92. The van der Waals surface area contributed by atoms with E-state index in [4.69, 9.17) is 50.8 Å². The van der Waals surface area contributed by atoms with E-state index in [1.807, 2.05) is 180 Å². The van der Waals surface area contributed by atoms with Gasteiger partial charge in [0.05, 0.1) is 11.2 Å². The summed E-state index contributed by atoms with van der Waals surface area (Å²) in [4.78, 5) is 29.3. The fraction of sp³-hybridized carbons (Fsp3) is 0.0625. The first-order valence-corrected chi connectivity index (χ1v) is 38.1. The van der Waals surface area contributed by atoms with Gasteiger partial charge < -0.3 is 9.31 Å². The van der Waals surface area contributed by atoms with Crippen LogP contribution in [0.3, 0.4) is 0 Å². The molecule has 0 spiro atoms. The average Bonchev–Trinajstić information content (AvgIpc) is 1.48. The molecule has 0 amide bonds. The van der Waals surface area contributed by atoms with Crippen LogP contribution in [0.15, 0.2) is 352 Å². The predicted molar refractivity (Wildman–Crippen MR) is 452 cm³/mol. The highest BCUT2D eigenvalue weighted by atomic mass is 35.5. The van der Waals surface area contributed by atoms with Gasteiger partial charge in [0.2, 0.25) is 0 Å². The zero-order valence-electron chi connectivity index (χ0n) is 59.8. The number of benzene rings is 14. The molecule has 1 aliphatic heterocycles. The van der Waals surface area contributed by atoms with Crippen LogP contribution in [0.25, 0.3) is 164 Å². The minimum absolute atomic E-state index is 0.320. The van der Waals surface area contributed by atoms with Gasteiger partial charge in [0, 0.05) is 78.7 Å². The highest BCUT2D eigenvalue weighted by Crippen LogP contribution is 2.44. The molecule has 1 aliphatic rings. The summed E-state index contributed by atoms with van der Waals surface area (Å²) in [5.74, 6) is 3.79. The number of thiophene rings is 2. The molecule has 5 heterocycles. The molecular formula is C96H70BClN6O2S2. The van der Waals surface area contributed by atoms with Crippen molar-refractivity contribution in [3.63, 3.8) is 0 Å². The van der Waals surface area contributed by atoms with E-state index >= 15 is 0 Å². The lowest BCUT2D eigenvalue weighted by atomic mass is 9.78. The van der Waals surface area contributed by atoms with Crippen LogP contribution in [-0.4, -0.2) is 48.2 Å². The molecule has 0 unspecified atom stereocenters. The third-order valence-corrected chi connectivity index (χ3v) is 22.7. The molecule has 0 bridgehead atoms. The van der Waals surface area contributed by atoms with E-state index in [1.54, 1.807) is 0 Å². The Bertz CT molecular complexity index is 6120. The van der Waals surface area contributed by atoms with Crippen molar-refractivity contribution in [3.05, 3.63) is 357 Å². The third-order valence-electron chi connectivity index (χ3n) is 20.0. The van der Waals surface area contributed by atoms with Gasteiger partial charge in [-0.2, -0.15) is 0 Å². The Balaban J connectivity index is 0.000000125. The summed E-state index contributed by atoms with van der Waals surface area (Å²) in [6.07, 6.45) is 0. The van der Waals surface area contributed by atoms with Crippen molar-refractivity contribution >= 4 is 87.2 Å². The van der Waals surface area contributed by atoms with Crippen molar-refractivity contribution in [2.45, 2.75) is 38.9 Å². The minimum Gasteiger partial charge on any atom is -0.399 e. The molecule has 0 radical (unpaired) electrons. The molecule has 108 heavy (non-hydrogen) atoms. The smallest absolute Gasteiger partial charge is 0.399 e. The van der Waals surface area contributed by atoms with Crippen LogP contribution < -0.4 is 5.46 Å². The van der Waals surface area contributed by atoms with Crippen molar-refractivity contribution in [3.8, 4) is 124 Å². The Labute approximate surface area is 641 Å². The molecule has 18 aromatic rings. The molecule has 14 aromatic carbocycles. The van der Waals surface area contributed by atoms with Crippen LogP contribution in [0.1, 0.15) is 27.7 Å². The van der Waals surface area contributed by atoms with Gasteiger partial charge in [-0.1, -0.05) is 315 Å². The maximum absolute atomic E-state index is 6.49. The first-order chi connectivity index (χ1) is 52.9. The van der Waals surface area contributed by atoms with E-state index in [1.165, 1.54) is 62.6 Å². The summed E-state index contributed by atoms with van der Waals surface area (Å²) in [5.41, 5.74) is 17.5. The first kappa shape index (κ1) is 68.9. The lowest BCUT2D eigenvalue weighted by Crippen LogP contribution is -2.41. The summed E-state index contributed by atoms with van der Waals surface area (Å²) in [6, 6.07) is 121. The SMILES string of the molecule is CC1(C)OB(c2ccc(-c3cccc4c3sc3ccccc34)cc2)OC1(C)C.Clc1cc(-c2ccccc2)cc(-c2nc(-c3ccccc3)nc(-c3ccccc3)n2)c1.c1ccc(-c2cc(-c3ccc(-c4cccc5c4sc4ccccc45)cc3)cc(-c3nc(-c4ccccc4)nc(-c4ccccc4)n3)c2)cc1. The first-order valence-electron chi connectivity index (χ1n) is 36.1. The number of fused-ring (bicyclic) bond motifs is 6. The van der Waals surface area contributed by atoms with E-state index in [0.717, 1.165) is 72.2 Å². The fourth-order valence-electron chi connectivity index (χ4n) is 13.7. The van der Waals surface area contributed by atoms with Crippen LogP contribution in [0.5, 0.6) is 0 Å². The molecule has 1 saturated heterocycles. The molecule has 8 nitrogen and oxygen atoms in total. The molecule has 0 atom stereocenters. The molecular weight excluding hydrogens is 1380 g/mol. The maximum Gasteiger partial charge on any atom is 0.494 e. The Morgan fingerprint density at radius 3 is 0.898 bits per heavy atom. The number of hydrogen-bond acceptors (Lipinski definition) is 10. The van der Waals surface area contributed by atoms with Gasteiger partial charge in [0.1, 0.15) is 0 Å². The lowest BCUT2D eigenvalue weighted by Gasteiger charge is -2.32. The summed E-state index contributed by atoms with van der Waals surface area (Å²) in [7, 11) is -0.320. The largest absolute Gasteiger partial charge is 0.494 e. The molecule has 4 aromatic heterocycles. The van der Waals surface area contributed by atoms with E-state index in [9.17, 15) is 0 Å². The standard InChI is InChI=1S/C45H29N3S.C27H18ClN3.C24H23BO2S/c1-4-13-30(14-5-1)35-27-36(31-23-25-32(26-24-31)38-20-12-21-40-39-19-10-11-22-41(39)49-42(38)40)29-37(28-35)45-47-43(33-15-6-2-7-16-33)46-44(48-45)34-17-8-3-9-18-34;28-24-17-22(19-10-4-1-5-11-19)16-23(18-24)27-30-25(20-12-6-2-7-13-20)29-26(31-27)21-14-8-3-9-15-21;1-23(2)24(3,4)27-25(26-23)17-14-12-16(13-15-17)18-9-7-10-20-19-8-5-6-11-21(19)28-22(18)20/h1-29H;1-18H;5-15H,1-4H3. The lowest BCUT2D eigenvalue weighted by molar-refractivity contribution is 0.00578. The van der Waals surface area contributed by atoms with E-state index in [0.29, 0.717) is 40.0 Å². The van der Waals surface area contributed by atoms with Crippen LogP contribution in [-0.2, 0) is 9.31 Å². The molecule has 19 rings (SSSR count). The predicted octanol–water partition coefficient (Wildman–Crippen LogP) is 25.5. The van der Waals surface area contributed by atoms with Gasteiger partial charge in [0.15, 0.2) is 34.9 Å². The summed E-state index contributed by atoms with van der Waals surface area (Å²) >= 11 is 10.2. The second kappa shape index (κ2) is 30.0. The number of hydrogen-bond donors (Lipinski definition) is 0. The zero-order valence-corrected chi connectivity index (χ0v) is 62.1. The summed E-state index contributed by atoms with van der Waals surface area (Å²) < 4.78 is 17.7. The topological polar surface area (TPSA) is 95.8 Å². The third kappa shape index (κ3) is 14.4. The van der Waals surface area contributed by atoms with Gasteiger partial charge in [-0.3, -0.25) is 0 Å². The summed E-state index contributed by atoms with van der Waals surface area (Å²) in [6.45, 7) is 8.35. The van der Waals surface area contributed by atoms with Crippen molar-refractivity contribution in [2.75, 3.05) is 0 Å². The average molecular weight is 1450 g/mol. The number of nitrogens with zero attached hydrogens (tertiary/aromatic N) is 6. The number of halogens is 1. The zero-order chi connectivity index (χ0) is 73.1. The van der Waals surface area contributed by atoms with Crippen LogP contribution in [0.2, 0.25) is 5.02 Å². The quantitative estimate of drug-likeness (QED) is 0.112. The Hall–Kier alpha value is -12.2. The Morgan fingerprint density at radius 2 is 0.519 bits per heavy atom. The molecule has 0 N–H and O–H groups in total. The monoisotopic (exact) mass is 1450 g/mol. The number of rotatable bonds is 12.